The predicted molar refractivity (Wildman–Crippen MR) is 179 cm³/mol. The Morgan fingerprint density at radius 2 is 0.978 bits per heavy atom. The van der Waals surface area contributed by atoms with E-state index in [2.05, 4.69) is 60.7 Å². The summed E-state index contributed by atoms with van der Waals surface area (Å²) < 4.78 is 6.16. The van der Waals surface area contributed by atoms with Crippen molar-refractivity contribution in [2.75, 3.05) is 0 Å². The van der Waals surface area contributed by atoms with Gasteiger partial charge in [-0.15, -0.1) is 0 Å². The predicted octanol–water partition coefficient (Wildman–Crippen LogP) is 9.98. The average molecular weight is 577 g/mol. The largest absolute Gasteiger partial charge is 0.456 e. The van der Waals surface area contributed by atoms with Crippen LogP contribution in [0.1, 0.15) is 5.56 Å². The topological polar surface area (TPSA) is 75.6 Å². The second-order valence-corrected chi connectivity index (χ2v) is 10.8. The molecule has 2 aromatic heterocycles. The molecule has 0 amide bonds. The first-order chi connectivity index (χ1) is 22.2. The van der Waals surface area contributed by atoms with Crippen LogP contribution in [0.5, 0.6) is 0 Å². The second-order valence-electron chi connectivity index (χ2n) is 10.8. The fourth-order valence-corrected chi connectivity index (χ4v) is 5.74. The molecule has 210 valence electrons. The highest BCUT2D eigenvalue weighted by molar-refractivity contribution is 6.11. The quantitative estimate of drug-likeness (QED) is 0.204. The summed E-state index contributed by atoms with van der Waals surface area (Å²) in [4.78, 5) is 14.9. The number of hydrogen-bond donors (Lipinski definition) is 0. The van der Waals surface area contributed by atoms with Gasteiger partial charge in [0.2, 0.25) is 0 Å². The van der Waals surface area contributed by atoms with Gasteiger partial charge in [0.05, 0.1) is 11.6 Å². The summed E-state index contributed by atoms with van der Waals surface area (Å²) in [6.07, 6.45) is 0. The molecule has 0 N–H and O–H groups in total. The lowest BCUT2D eigenvalue weighted by atomic mass is 9.98. The molecule has 5 heteroatoms. The van der Waals surface area contributed by atoms with Crippen LogP contribution in [0.3, 0.4) is 0 Å². The van der Waals surface area contributed by atoms with Crippen molar-refractivity contribution in [3.05, 3.63) is 151 Å². The maximum absolute atomic E-state index is 9.26. The van der Waals surface area contributed by atoms with Gasteiger partial charge in [0.25, 0.3) is 0 Å². The highest BCUT2D eigenvalue weighted by atomic mass is 16.3. The summed E-state index contributed by atoms with van der Waals surface area (Å²) >= 11 is 0. The zero-order valence-corrected chi connectivity index (χ0v) is 24.1. The van der Waals surface area contributed by atoms with Gasteiger partial charge in [-0.05, 0) is 46.5 Å². The normalized spacial score (nSPS) is 11.1. The molecule has 0 atom stereocenters. The highest BCUT2D eigenvalue weighted by Gasteiger charge is 2.17. The van der Waals surface area contributed by atoms with Gasteiger partial charge in [-0.1, -0.05) is 121 Å². The van der Waals surface area contributed by atoms with E-state index in [9.17, 15) is 5.26 Å². The van der Waals surface area contributed by atoms with Crippen molar-refractivity contribution < 1.29 is 4.42 Å². The standard InChI is InChI=1S/C40H24N4O/c41-25-26-8-6-11-32(24-26)29-18-16-27(17-19-29)28-20-22-31(23-21-28)39-42-38(30-9-2-1-3-10-30)43-40(44-39)34-13-7-15-36-37(34)33-12-4-5-14-35(33)45-36/h1-24H. The highest BCUT2D eigenvalue weighted by Crippen LogP contribution is 2.36. The van der Waals surface area contributed by atoms with E-state index in [0.29, 0.717) is 23.0 Å². The Kier molecular flexibility index (Phi) is 6.44. The van der Waals surface area contributed by atoms with Crippen LogP contribution >= 0.6 is 0 Å². The summed E-state index contributed by atoms with van der Waals surface area (Å²) in [5.74, 6) is 1.81. The van der Waals surface area contributed by atoms with Crippen LogP contribution < -0.4 is 0 Å². The number of nitriles is 1. The first-order valence-electron chi connectivity index (χ1n) is 14.7. The van der Waals surface area contributed by atoms with Crippen LogP contribution in [0.2, 0.25) is 0 Å². The first kappa shape index (κ1) is 26.3. The van der Waals surface area contributed by atoms with Crippen LogP contribution in [0.15, 0.2) is 150 Å². The van der Waals surface area contributed by atoms with Gasteiger partial charge in [0.1, 0.15) is 11.2 Å². The SMILES string of the molecule is N#Cc1cccc(-c2ccc(-c3ccc(-c4nc(-c5ccccc5)nc(-c5cccc6oc7ccccc7c56)n4)cc3)cc2)c1. The number of rotatable bonds is 5. The Labute approximate surface area is 259 Å². The van der Waals surface area contributed by atoms with Crippen molar-refractivity contribution in [2.24, 2.45) is 0 Å². The molecule has 0 spiro atoms. The van der Waals surface area contributed by atoms with Crippen molar-refractivity contribution >= 4 is 21.9 Å². The van der Waals surface area contributed by atoms with Gasteiger partial charge in [0, 0.05) is 27.5 Å². The third kappa shape index (κ3) is 4.91. The van der Waals surface area contributed by atoms with Crippen LogP contribution in [0.25, 0.3) is 78.4 Å². The molecular weight excluding hydrogens is 552 g/mol. The lowest BCUT2D eigenvalue weighted by Crippen LogP contribution is -2.00. The van der Waals surface area contributed by atoms with Crippen molar-refractivity contribution in [2.45, 2.75) is 0 Å². The van der Waals surface area contributed by atoms with Crippen LogP contribution in [-0.2, 0) is 0 Å². The second kappa shape index (κ2) is 11.0. The van der Waals surface area contributed by atoms with E-state index in [1.165, 1.54) is 0 Å². The molecule has 0 aliphatic carbocycles. The molecule has 0 saturated heterocycles. The van der Waals surface area contributed by atoms with E-state index in [4.69, 9.17) is 19.4 Å². The molecule has 8 aromatic rings. The number of hydrogen-bond acceptors (Lipinski definition) is 5. The number of nitrogens with zero attached hydrogens (tertiary/aromatic N) is 4. The van der Waals surface area contributed by atoms with Crippen molar-refractivity contribution in [1.29, 1.82) is 5.26 Å². The van der Waals surface area contributed by atoms with E-state index in [1.807, 2.05) is 91.0 Å². The summed E-state index contributed by atoms with van der Waals surface area (Å²) in [6, 6.07) is 50.6. The number of aromatic nitrogens is 3. The lowest BCUT2D eigenvalue weighted by molar-refractivity contribution is 0.669. The monoisotopic (exact) mass is 576 g/mol. The molecule has 0 unspecified atom stereocenters. The molecule has 5 nitrogen and oxygen atoms in total. The average Bonchev–Trinajstić information content (AvgIpc) is 3.51. The zero-order valence-electron chi connectivity index (χ0n) is 24.1. The Hall–Kier alpha value is -6.38. The van der Waals surface area contributed by atoms with Crippen LogP contribution in [0, 0.1) is 11.3 Å². The van der Waals surface area contributed by atoms with Gasteiger partial charge in [-0.25, -0.2) is 15.0 Å². The number of fused-ring (bicyclic) bond motifs is 3. The van der Waals surface area contributed by atoms with Gasteiger partial charge in [-0.3, -0.25) is 0 Å². The summed E-state index contributed by atoms with van der Waals surface area (Å²) in [5.41, 5.74) is 9.27. The lowest BCUT2D eigenvalue weighted by Gasteiger charge is -2.10. The van der Waals surface area contributed by atoms with Gasteiger partial charge in [0.15, 0.2) is 17.5 Å². The van der Waals surface area contributed by atoms with Gasteiger partial charge < -0.3 is 4.42 Å². The summed E-state index contributed by atoms with van der Waals surface area (Å²) in [5, 5.41) is 11.3. The molecule has 8 rings (SSSR count). The smallest absolute Gasteiger partial charge is 0.164 e. The maximum Gasteiger partial charge on any atom is 0.164 e. The fraction of sp³-hybridized carbons (Fsp3) is 0. The van der Waals surface area contributed by atoms with Gasteiger partial charge >= 0.3 is 0 Å². The van der Waals surface area contributed by atoms with E-state index < -0.39 is 0 Å². The molecule has 0 bridgehead atoms. The first-order valence-corrected chi connectivity index (χ1v) is 14.7. The minimum Gasteiger partial charge on any atom is -0.456 e. The minimum atomic E-state index is 0.594. The molecule has 45 heavy (non-hydrogen) atoms. The third-order valence-electron chi connectivity index (χ3n) is 8.00. The van der Waals surface area contributed by atoms with E-state index in [0.717, 1.165) is 60.9 Å². The third-order valence-corrected chi connectivity index (χ3v) is 8.00. The summed E-state index contributed by atoms with van der Waals surface area (Å²) in [7, 11) is 0. The Balaban J connectivity index is 1.19. The van der Waals surface area contributed by atoms with Crippen LogP contribution in [0.4, 0.5) is 0 Å². The van der Waals surface area contributed by atoms with E-state index in [1.54, 1.807) is 0 Å². The number of para-hydroxylation sites is 1. The molecule has 6 aromatic carbocycles. The number of benzene rings is 6. The molecule has 2 heterocycles. The minimum absolute atomic E-state index is 0.594. The molecular formula is C40H24N4O. The van der Waals surface area contributed by atoms with Gasteiger partial charge in [-0.2, -0.15) is 5.26 Å². The maximum atomic E-state index is 9.26. The molecule has 0 radical (unpaired) electrons. The van der Waals surface area contributed by atoms with Crippen LogP contribution in [-0.4, -0.2) is 15.0 Å². The van der Waals surface area contributed by atoms with Crippen molar-refractivity contribution in [3.63, 3.8) is 0 Å². The number of furan rings is 1. The van der Waals surface area contributed by atoms with Crippen molar-refractivity contribution in [3.8, 4) is 62.5 Å². The zero-order chi connectivity index (χ0) is 30.2. The van der Waals surface area contributed by atoms with Crippen molar-refractivity contribution in [1.82, 2.24) is 15.0 Å². The molecule has 0 aliphatic rings. The molecule has 0 fully saturated rings. The van der Waals surface area contributed by atoms with E-state index >= 15 is 0 Å². The fourth-order valence-electron chi connectivity index (χ4n) is 5.74. The van der Waals surface area contributed by atoms with E-state index in [-0.39, 0.29) is 0 Å². The Morgan fingerprint density at radius 3 is 1.69 bits per heavy atom. The molecule has 0 aliphatic heterocycles. The summed E-state index contributed by atoms with van der Waals surface area (Å²) in [6.45, 7) is 0. The Morgan fingerprint density at radius 1 is 0.444 bits per heavy atom. The molecule has 0 saturated carbocycles. The Bertz CT molecular complexity index is 2370.